The molecule has 4 aromatic rings. The molecule has 184 valence electrons. The number of benzene rings is 3. The molecule has 1 unspecified atom stereocenters. The van der Waals surface area contributed by atoms with Crippen molar-refractivity contribution in [2.75, 3.05) is 18.6 Å². The maximum atomic E-state index is 13.8. The van der Waals surface area contributed by atoms with Crippen LogP contribution in [0.5, 0.6) is 5.75 Å². The van der Waals surface area contributed by atoms with E-state index in [9.17, 15) is 18.0 Å². The van der Waals surface area contributed by atoms with Crippen LogP contribution in [-0.2, 0) is 26.0 Å². The van der Waals surface area contributed by atoms with Gasteiger partial charge in [-0.15, -0.1) is 0 Å². The summed E-state index contributed by atoms with van der Waals surface area (Å²) in [6.07, 6.45) is 1.99. The first kappa shape index (κ1) is 23.8. The van der Waals surface area contributed by atoms with Crippen molar-refractivity contribution in [2.24, 2.45) is 0 Å². The zero-order valence-corrected chi connectivity index (χ0v) is 20.4. The standard InChI is InChI=1S/C27H25N3O5S/c1-35-21-11-13-22(14-12-21)36(33,34)29(16-15-19-18-28-24-10-6-5-9-23(19)24)25-17-26(31)30(27(25)32)20-7-3-2-4-8-20/h2-14,18,25,28H,15-17H2,1H3. The van der Waals surface area contributed by atoms with E-state index in [0.29, 0.717) is 17.9 Å². The Morgan fingerprint density at radius 1 is 0.972 bits per heavy atom. The van der Waals surface area contributed by atoms with Crippen molar-refractivity contribution in [1.29, 1.82) is 0 Å². The molecule has 1 saturated heterocycles. The topological polar surface area (TPSA) is 99.8 Å². The van der Waals surface area contributed by atoms with Crippen LogP contribution < -0.4 is 9.64 Å². The molecule has 5 rings (SSSR count). The minimum absolute atomic E-state index is 0.0284. The van der Waals surface area contributed by atoms with Crippen LogP contribution in [0.15, 0.2) is 90.0 Å². The van der Waals surface area contributed by atoms with E-state index in [1.165, 1.54) is 23.5 Å². The van der Waals surface area contributed by atoms with Gasteiger partial charge in [0.15, 0.2) is 0 Å². The number of carbonyl (C=O) groups excluding carboxylic acids is 2. The van der Waals surface area contributed by atoms with Gasteiger partial charge in [0.05, 0.1) is 24.1 Å². The number of hydrogen-bond acceptors (Lipinski definition) is 5. The molecule has 3 aromatic carbocycles. The fourth-order valence-electron chi connectivity index (χ4n) is 4.58. The maximum Gasteiger partial charge on any atom is 0.252 e. The van der Waals surface area contributed by atoms with Crippen molar-refractivity contribution in [2.45, 2.75) is 23.8 Å². The first-order chi connectivity index (χ1) is 17.4. The summed E-state index contributed by atoms with van der Waals surface area (Å²) in [5.41, 5.74) is 2.30. The lowest BCUT2D eigenvalue weighted by Crippen LogP contribution is -2.46. The Morgan fingerprint density at radius 3 is 2.39 bits per heavy atom. The minimum atomic E-state index is -4.11. The summed E-state index contributed by atoms with van der Waals surface area (Å²) in [7, 11) is -2.61. The van der Waals surface area contributed by atoms with Crippen LogP contribution in [0.4, 0.5) is 5.69 Å². The number of amides is 2. The highest BCUT2D eigenvalue weighted by Gasteiger charge is 2.46. The number of hydrogen-bond donors (Lipinski definition) is 1. The molecular weight excluding hydrogens is 478 g/mol. The molecule has 9 heteroatoms. The lowest BCUT2D eigenvalue weighted by Gasteiger charge is -2.27. The second-order valence-corrected chi connectivity index (χ2v) is 10.4. The first-order valence-corrected chi connectivity index (χ1v) is 13.0. The molecule has 1 aliphatic rings. The van der Waals surface area contributed by atoms with Gasteiger partial charge in [0.1, 0.15) is 11.8 Å². The lowest BCUT2D eigenvalue weighted by molar-refractivity contribution is -0.122. The third-order valence-corrected chi connectivity index (χ3v) is 8.35. The summed E-state index contributed by atoms with van der Waals surface area (Å²) in [6, 6.07) is 21.2. The maximum absolute atomic E-state index is 13.8. The van der Waals surface area contributed by atoms with E-state index in [4.69, 9.17) is 4.74 Å². The number of fused-ring (bicyclic) bond motifs is 1. The van der Waals surface area contributed by atoms with Crippen molar-refractivity contribution >= 4 is 38.4 Å². The monoisotopic (exact) mass is 503 g/mol. The van der Waals surface area contributed by atoms with E-state index in [0.717, 1.165) is 21.4 Å². The second-order valence-electron chi connectivity index (χ2n) is 8.52. The molecule has 36 heavy (non-hydrogen) atoms. The van der Waals surface area contributed by atoms with Crippen LogP contribution in [0.25, 0.3) is 10.9 Å². The van der Waals surface area contributed by atoms with Gasteiger partial charge in [0.2, 0.25) is 15.9 Å². The van der Waals surface area contributed by atoms with Crippen LogP contribution in [0.2, 0.25) is 0 Å². The summed E-state index contributed by atoms with van der Waals surface area (Å²) in [4.78, 5) is 30.7. The number of methoxy groups -OCH3 is 1. The number of aromatic amines is 1. The Hall–Kier alpha value is -3.95. The predicted molar refractivity (Wildman–Crippen MR) is 136 cm³/mol. The Balaban J connectivity index is 1.51. The molecule has 8 nitrogen and oxygen atoms in total. The Kier molecular flexibility index (Phi) is 6.34. The van der Waals surface area contributed by atoms with Gasteiger partial charge >= 0.3 is 0 Å². The first-order valence-electron chi connectivity index (χ1n) is 11.5. The third-order valence-electron chi connectivity index (χ3n) is 6.43. The quantitative estimate of drug-likeness (QED) is 0.369. The van der Waals surface area contributed by atoms with Gasteiger partial charge in [0, 0.05) is 23.6 Å². The van der Waals surface area contributed by atoms with Gasteiger partial charge in [-0.05, 0) is 54.4 Å². The smallest absolute Gasteiger partial charge is 0.252 e. The van der Waals surface area contributed by atoms with Gasteiger partial charge in [-0.2, -0.15) is 4.31 Å². The molecule has 2 amide bonds. The Morgan fingerprint density at radius 2 is 1.67 bits per heavy atom. The summed E-state index contributed by atoms with van der Waals surface area (Å²) in [5.74, 6) is -0.470. The van der Waals surface area contributed by atoms with Crippen LogP contribution >= 0.6 is 0 Å². The minimum Gasteiger partial charge on any atom is -0.497 e. The van der Waals surface area contributed by atoms with Crippen LogP contribution in [0.1, 0.15) is 12.0 Å². The van der Waals surface area contributed by atoms with Crippen LogP contribution in [-0.4, -0.2) is 49.2 Å². The molecule has 0 spiro atoms. The SMILES string of the molecule is COc1ccc(S(=O)(=O)N(CCc2c[nH]c3ccccc23)C2CC(=O)N(c3ccccc3)C2=O)cc1. The van der Waals surface area contributed by atoms with Gasteiger partial charge in [-0.1, -0.05) is 36.4 Å². The van der Waals surface area contributed by atoms with Gasteiger partial charge in [0.25, 0.3) is 5.91 Å². The van der Waals surface area contributed by atoms with E-state index in [1.54, 1.807) is 42.5 Å². The van der Waals surface area contributed by atoms with Crippen molar-refractivity contribution in [1.82, 2.24) is 9.29 Å². The van der Waals surface area contributed by atoms with Crippen molar-refractivity contribution in [3.8, 4) is 5.75 Å². The van der Waals surface area contributed by atoms with Gasteiger partial charge < -0.3 is 9.72 Å². The molecule has 0 bridgehead atoms. The number of sulfonamides is 1. The highest BCUT2D eigenvalue weighted by Crippen LogP contribution is 2.30. The highest BCUT2D eigenvalue weighted by atomic mass is 32.2. The summed E-state index contributed by atoms with van der Waals surface area (Å²) in [5, 5.41) is 0.985. The predicted octanol–water partition coefficient (Wildman–Crippen LogP) is 3.74. The molecule has 2 heterocycles. The number of H-pyrrole nitrogens is 1. The molecule has 0 aliphatic carbocycles. The average molecular weight is 504 g/mol. The van der Waals surface area contributed by atoms with E-state index in [-0.39, 0.29) is 17.9 Å². The number of imide groups is 1. The zero-order valence-electron chi connectivity index (χ0n) is 19.6. The fourth-order valence-corrected chi connectivity index (χ4v) is 6.17. The number of nitrogens with zero attached hydrogens (tertiary/aromatic N) is 2. The molecule has 1 aliphatic heterocycles. The summed E-state index contributed by atoms with van der Waals surface area (Å²) >= 11 is 0. The molecule has 0 saturated carbocycles. The molecule has 0 radical (unpaired) electrons. The summed E-state index contributed by atoms with van der Waals surface area (Å²) < 4.78 is 34.0. The van der Waals surface area contributed by atoms with E-state index >= 15 is 0 Å². The van der Waals surface area contributed by atoms with Gasteiger partial charge in [-0.3, -0.25) is 9.59 Å². The summed E-state index contributed by atoms with van der Waals surface area (Å²) in [6.45, 7) is 0.0303. The number of carbonyl (C=O) groups is 2. The van der Waals surface area contributed by atoms with Gasteiger partial charge in [-0.25, -0.2) is 13.3 Å². The molecule has 1 fully saturated rings. The third kappa shape index (κ3) is 4.27. The van der Waals surface area contributed by atoms with E-state index in [1.807, 2.05) is 30.5 Å². The van der Waals surface area contributed by atoms with Crippen molar-refractivity contribution in [3.05, 3.63) is 90.6 Å². The largest absolute Gasteiger partial charge is 0.497 e. The Labute approximate surface area is 209 Å². The number of para-hydroxylation sites is 2. The molecule has 1 N–H and O–H groups in total. The van der Waals surface area contributed by atoms with Crippen LogP contribution in [0.3, 0.4) is 0 Å². The lowest BCUT2D eigenvalue weighted by atomic mass is 10.1. The highest BCUT2D eigenvalue weighted by molar-refractivity contribution is 7.89. The number of nitrogens with one attached hydrogen (secondary N) is 1. The average Bonchev–Trinajstić information content (AvgIpc) is 3.44. The number of aromatic nitrogens is 1. The van der Waals surface area contributed by atoms with Crippen molar-refractivity contribution < 1.29 is 22.7 Å². The van der Waals surface area contributed by atoms with Crippen LogP contribution in [0, 0.1) is 0 Å². The molecule has 1 aromatic heterocycles. The number of anilines is 1. The normalized spacial score (nSPS) is 16.3. The number of rotatable bonds is 8. The molecule has 1 atom stereocenters. The second kappa shape index (κ2) is 9.60. The Bertz CT molecular complexity index is 1510. The number of ether oxygens (including phenoxy) is 1. The zero-order chi connectivity index (χ0) is 25.3. The van der Waals surface area contributed by atoms with E-state index in [2.05, 4.69) is 4.98 Å². The molecular formula is C27H25N3O5S. The fraction of sp³-hybridized carbons (Fsp3) is 0.185. The van der Waals surface area contributed by atoms with Crippen molar-refractivity contribution in [3.63, 3.8) is 0 Å². The van der Waals surface area contributed by atoms with E-state index < -0.39 is 27.9 Å².